The van der Waals surface area contributed by atoms with E-state index in [1.54, 1.807) is 24.3 Å². The van der Waals surface area contributed by atoms with E-state index in [2.05, 4.69) is 0 Å². The molecule has 2 aromatic rings. The zero-order valence-corrected chi connectivity index (χ0v) is 19.8. The maximum atomic E-state index is 13.1. The lowest BCUT2D eigenvalue weighted by Gasteiger charge is -2.21. The Hall–Kier alpha value is -2.23. The SMILES string of the molecule is CN(C(=O)c1ccc(C(C)(C)C)cc1)S(=O)(=O)c1cccc(S(=O)(=O)N2CCCC2)c1. The molecule has 2 aromatic carbocycles. The van der Waals surface area contributed by atoms with E-state index in [1.807, 2.05) is 20.8 Å². The summed E-state index contributed by atoms with van der Waals surface area (Å²) in [6.45, 7) is 6.97. The highest BCUT2D eigenvalue weighted by Crippen LogP contribution is 2.26. The normalized spacial score (nSPS) is 15.7. The van der Waals surface area contributed by atoms with Gasteiger partial charge in [0, 0.05) is 25.7 Å². The van der Waals surface area contributed by atoms with Gasteiger partial charge in [-0.15, -0.1) is 0 Å². The number of sulfonamides is 2. The van der Waals surface area contributed by atoms with Crippen LogP contribution in [0.5, 0.6) is 0 Å². The first kappa shape index (κ1) is 23.4. The fraction of sp³-hybridized carbons (Fsp3) is 0.409. The van der Waals surface area contributed by atoms with Crippen molar-refractivity contribution >= 4 is 26.0 Å². The summed E-state index contributed by atoms with van der Waals surface area (Å²) < 4.78 is 53.8. The maximum absolute atomic E-state index is 13.1. The van der Waals surface area contributed by atoms with Gasteiger partial charge in [0.15, 0.2) is 0 Å². The second-order valence-electron chi connectivity index (χ2n) is 8.69. The molecular weight excluding hydrogens is 436 g/mol. The third-order valence-electron chi connectivity index (χ3n) is 5.45. The Morgan fingerprint density at radius 3 is 2.00 bits per heavy atom. The standard InChI is InChI=1S/C22H28N2O5S2/c1-22(2,3)18-12-10-17(11-13-18)21(25)23(4)30(26,27)19-8-7-9-20(16-19)31(28,29)24-14-5-6-15-24/h7-13,16H,5-6,14-15H2,1-4H3. The predicted octanol–water partition coefficient (Wildman–Crippen LogP) is 3.23. The molecule has 3 rings (SSSR count). The van der Waals surface area contributed by atoms with E-state index in [1.165, 1.54) is 29.6 Å². The van der Waals surface area contributed by atoms with E-state index in [9.17, 15) is 21.6 Å². The van der Waals surface area contributed by atoms with Gasteiger partial charge >= 0.3 is 0 Å². The molecule has 0 saturated carbocycles. The van der Waals surface area contributed by atoms with Gasteiger partial charge in [0.05, 0.1) is 9.79 Å². The molecule has 0 N–H and O–H groups in total. The number of benzene rings is 2. The molecule has 1 aliphatic rings. The molecule has 0 aromatic heterocycles. The van der Waals surface area contributed by atoms with Gasteiger partial charge in [0.1, 0.15) is 0 Å². The first-order chi connectivity index (χ1) is 14.3. The van der Waals surface area contributed by atoms with Crippen molar-refractivity contribution in [3.8, 4) is 0 Å². The molecule has 0 radical (unpaired) electrons. The summed E-state index contributed by atoms with van der Waals surface area (Å²) in [5.41, 5.74) is 1.16. The fourth-order valence-electron chi connectivity index (χ4n) is 3.43. The van der Waals surface area contributed by atoms with Gasteiger partial charge in [-0.2, -0.15) is 4.31 Å². The number of nitrogens with zero attached hydrogens (tertiary/aromatic N) is 2. The van der Waals surface area contributed by atoms with Crippen LogP contribution in [0.2, 0.25) is 0 Å². The van der Waals surface area contributed by atoms with E-state index >= 15 is 0 Å². The van der Waals surface area contributed by atoms with Crippen LogP contribution in [-0.4, -0.2) is 51.5 Å². The highest BCUT2D eigenvalue weighted by Gasteiger charge is 2.31. The molecule has 9 heteroatoms. The first-order valence-electron chi connectivity index (χ1n) is 10.1. The van der Waals surface area contributed by atoms with Gasteiger partial charge in [-0.1, -0.05) is 39.0 Å². The molecule has 168 valence electrons. The Morgan fingerprint density at radius 1 is 0.903 bits per heavy atom. The smallest absolute Gasteiger partial charge is 0.267 e. The Bertz CT molecular complexity index is 1180. The lowest BCUT2D eigenvalue weighted by Crippen LogP contribution is -2.33. The van der Waals surface area contributed by atoms with Crippen LogP contribution in [0.3, 0.4) is 0 Å². The van der Waals surface area contributed by atoms with Gasteiger partial charge in [-0.05, 0) is 54.2 Å². The first-order valence-corrected chi connectivity index (χ1v) is 13.0. The lowest BCUT2D eigenvalue weighted by molar-refractivity contribution is 0.0883. The van der Waals surface area contributed by atoms with Crippen LogP contribution in [0.25, 0.3) is 0 Å². The number of carbonyl (C=O) groups excluding carboxylic acids is 1. The van der Waals surface area contributed by atoms with Crippen molar-refractivity contribution in [1.82, 2.24) is 8.61 Å². The summed E-state index contributed by atoms with van der Waals surface area (Å²) in [5, 5.41) is 0. The average Bonchev–Trinajstić information content (AvgIpc) is 3.28. The second-order valence-corrected chi connectivity index (χ2v) is 12.6. The molecule has 1 amide bonds. The third-order valence-corrected chi connectivity index (χ3v) is 9.08. The number of hydrogen-bond donors (Lipinski definition) is 0. The predicted molar refractivity (Wildman–Crippen MR) is 119 cm³/mol. The summed E-state index contributed by atoms with van der Waals surface area (Å²) in [7, 11) is -6.83. The molecule has 1 saturated heterocycles. The average molecular weight is 465 g/mol. The van der Waals surface area contributed by atoms with Crippen LogP contribution in [0.4, 0.5) is 0 Å². The van der Waals surface area contributed by atoms with E-state index in [4.69, 9.17) is 0 Å². The fourth-order valence-corrected chi connectivity index (χ4v) is 6.24. The molecular formula is C22H28N2O5S2. The van der Waals surface area contributed by atoms with Crippen molar-refractivity contribution in [3.63, 3.8) is 0 Å². The highest BCUT2D eigenvalue weighted by molar-refractivity contribution is 7.90. The number of amides is 1. The van der Waals surface area contributed by atoms with Gasteiger partial charge in [0.25, 0.3) is 15.9 Å². The Morgan fingerprint density at radius 2 is 1.45 bits per heavy atom. The molecule has 1 heterocycles. The zero-order valence-electron chi connectivity index (χ0n) is 18.2. The number of rotatable bonds is 5. The van der Waals surface area contributed by atoms with Gasteiger partial charge in [0.2, 0.25) is 10.0 Å². The minimum Gasteiger partial charge on any atom is -0.268 e. The molecule has 0 unspecified atom stereocenters. The molecule has 0 bridgehead atoms. The van der Waals surface area contributed by atoms with Crippen molar-refractivity contribution in [2.24, 2.45) is 0 Å². The minimum absolute atomic E-state index is 0.0918. The largest absolute Gasteiger partial charge is 0.268 e. The van der Waals surface area contributed by atoms with E-state index in [-0.39, 0.29) is 20.8 Å². The topological polar surface area (TPSA) is 91.8 Å². The van der Waals surface area contributed by atoms with Crippen LogP contribution in [0.15, 0.2) is 58.3 Å². The number of carbonyl (C=O) groups is 1. The summed E-state index contributed by atoms with van der Waals surface area (Å²) in [6, 6.07) is 12.0. The van der Waals surface area contributed by atoms with Crippen molar-refractivity contribution in [2.45, 2.75) is 48.8 Å². The molecule has 31 heavy (non-hydrogen) atoms. The maximum Gasteiger partial charge on any atom is 0.267 e. The summed E-state index contributed by atoms with van der Waals surface area (Å²) >= 11 is 0. The molecule has 7 nitrogen and oxygen atoms in total. The van der Waals surface area contributed by atoms with E-state index in [0.29, 0.717) is 17.4 Å². The van der Waals surface area contributed by atoms with Crippen LogP contribution < -0.4 is 0 Å². The van der Waals surface area contributed by atoms with Gasteiger partial charge in [-0.25, -0.2) is 21.1 Å². The monoisotopic (exact) mass is 464 g/mol. The van der Waals surface area contributed by atoms with Crippen molar-refractivity contribution in [1.29, 1.82) is 0 Å². The molecule has 0 aliphatic carbocycles. The second kappa shape index (κ2) is 8.37. The third kappa shape index (κ3) is 4.68. The Labute approximate surface area is 184 Å². The van der Waals surface area contributed by atoms with Crippen LogP contribution in [-0.2, 0) is 25.5 Å². The molecule has 0 spiro atoms. The molecule has 1 aliphatic heterocycles. The summed E-state index contributed by atoms with van der Waals surface area (Å²) in [5.74, 6) is -0.687. The van der Waals surface area contributed by atoms with Crippen LogP contribution >= 0.6 is 0 Å². The van der Waals surface area contributed by atoms with Crippen molar-refractivity contribution in [2.75, 3.05) is 20.1 Å². The van der Waals surface area contributed by atoms with E-state index < -0.39 is 26.0 Å². The molecule has 1 fully saturated rings. The van der Waals surface area contributed by atoms with Crippen molar-refractivity contribution in [3.05, 3.63) is 59.7 Å². The van der Waals surface area contributed by atoms with Crippen LogP contribution in [0, 0.1) is 0 Å². The van der Waals surface area contributed by atoms with E-state index in [0.717, 1.165) is 24.5 Å². The summed E-state index contributed by atoms with van der Waals surface area (Å²) in [6.07, 6.45) is 1.56. The van der Waals surface area contributed by atoms with Gasteiger partial charge in [-0.3, -0.25) is 4.79 Å². The zero-order chi connectivity index (χ0) is 23.0. The number of hydrogen-bond acceptors (Lipinski definition) is 5. The quantitative estimate of drug-likeness (QED) is 0.677. The lowest BCUT2D eigenvalue weighted by atomic mass is 9.87. The van der Waals surface area contributed by atoms with Crippen LogP contribution in [0.1, 0.15) is 49.5 Å². The van der Waals surface area contributed by atoms with Crippen molar-refractivity contribution < 1.29 is 21.6 Å². The van der Waals surface area contributed by atoms with Gasteiger partial charge < -0.3 is 0 Å². The highest BCUT2D eigenvalue weighted by atomic mass is 32.2. The summed E-state index contributed by atoms with van der Waals surface area (Å²) in [4.78, 5) is 12.5. The Balaban J connectivity index is 1.90. The molecule has 0 atom stereocenters. The minimum atomic E-state index is -4.23. The Kier molecular flexibility index (Phi) is 6.32.